The molecule has 8 heteroatoms. The molecule has 1 N–H and O–H groups in total. The summed E-state index contributed by atoms with van der Waals surface area (Å²) in [6, 6.07) is 7.01. The van der Waals surface area contributed by atoms with Crippen LogP contribution in [0.2, 0.25) is 0 Å². The van der Waals surface area contributed by atoms with Crippen LogP contribution < -0.4 is 14.8 Å². The van der Waals surface area contributed by atoms with E-state index in [-0.39, 0.29) is 6.04 Å². The van der Waals surface area contributed by atoms with Crippen LogP contribution in [0.15, 0.2) is 36.5 Å². The van der Waals surface area contributed by atoms with E-state index in [1.165, 1.54) is 20.1 Å². The van der Waals surface area contributed by atoms with Gasteiger partial charge in [0.05, 0.1) is 20.4 Å². The van der Waals surface area contributed by atoms with E-state index in [1.807, 2.05) is 13.8 Å². The van der Waals surface area contributed by atoms with Gasteiger partial charge in [-0.3, -0.25) is 4.79 Å². The SMILES string of the molecule is COc1ccc(/C=C/C(=O)O[C@H](C)C(=O)Nc2ccnn2C(C)C)cc1OC. The van der Waals surface area contributed by atoms with Crippen molar-refractivity contribution >= 4 is 23.8 Å². The highest BCUT2D eigenvalue weighted by atomic mass is 16.5. The summed E-state index contributed by atoms with van der Waals surface area (Å²) in [6.45, 7) is 5.41. The molecule has 0 saturated carbocycles. The van der Waals surface area contributed by atoms with Crippen molar-refractivity contribution in [3.63, 3.8) is 0 Å². The Balaban J connectivity index is 1.95. The van der Waals surface area contributed by atoms with E-state index >= 15 is 0 Å². The maximum absolute atomic E-state index is 12.3. The largest absolute Gasteiger partial charge is 0.493 e. The van der Waals surface area contributed by atoms with Gasteiger partial charge in [0.25, 0.3) is 5.91 Å². The van der Waals surface area contributed by atoms with Crippen LogP contribution in [0, 0.1) is 0 Å². The van der Waals surface area contributed by atoms with E-state index in [9.17, 15) is 9.59 Å². The predicted molar refractivity (Wildman–Crippen MR) is 105 cm³/mol. The second kappa shape index (κ2) is 9.59. The number of nitrogens with zero attached hydrogens (tertiary/aromatic N) is 2. The first-order chi connectivity index (χ1) is 13.3. The van der Waals surface area contributed by atoms with Crippen molar-refractivity contribution in [2.75, 3.05) is 19.5 Å². The number of amides is 1. The number of rotatable bonds is 8. The number of aromatic nitrogens is 2. The highest BCUT2D eigenvalue weighted by Crippen LogP contribution is 2.28. The minimum absolute atomic E-state index is 0.0903. The molecule has 8 nitrogen and oxygen atoms in total. The van der Waals surface area contributed by atoms with Crippen LogP contribution in [-0.2, 0) is 14.3 Å². The summed E-state index contributed by atoms with van der Waals surface area (Å²) in [5, 5.41) is 6.85. The molecule has 1 heterocycles. The first kappa shape index (κ1) is 21.0. The van der Waals surface area contributed by atoms with Crippen LogP contribution in [0.3, 0.4) is 0 Å². The fraction of sp³-hybridized carbons (Fsp3) is 0.350. The lowest BCUT2D eigenvalue weighted by atomic mass is 10.2. The number of esters is 1. The second-order valence-electron chi connectivity index (χ2n) is 6.27. The zero-order valence-electron chi connectivity index (χ0n) is 16.6. The van der Waals surface area contributed by atoms with E-state index in [0.717, 1.165) is 5.56 Å². The van der Waals surface area contributed by atoms with Gasteiger partial charge < -0.3 is 19.5 Å². The second-order valence-corrected chi connectivity index (χ2v) is 6.27. The predicted octanol–water partition coefficient (Wildman–Crippen LogP) is 3.06. The summed E-state index contributed by atoms with van der Waals surface area (Å²) >= 11 is 0. The molecule has 0 aliphatic heterocycles. The molecular weight excluding hydrogens is 362 g/mol. The third-order valence-corrected chi connectivity index (χ3v) is 3.89. The Bertz CT molecular complexity index is 857. The van der Waals surface area contributed by atoms with Crippen molar-refractivity contribution in [1.82, 2.24) is 9.78 Å². The number of anilines is 1. The van der Waals surface area contributed by atoms with Crippen LogP contribution in [0.4, 0.5) is 5.82 Å². The zero-order valence-corrected chi connectivity index (χ0v) is 16.6. The molecule has 0 aliphatic carbocycles. The third-order valence-electron chi connectivity index (χ3n) is 3.89. The lowest BCUT2D eigenvalue weighted by molar-refractivity contribution is -0.148. The zero-order chi connectivity index (χ0) is 20.7. The van der Waals surface area contributed by atoms with Crippen LogP contribution in [0.5, 0.6) is 11.5 Å². The Kier molecular flexibility index (Phi) is 7.20. The average molecular weight is 387 g/mol. The van der Waals surface area contributed by atoms with Crippen molar-refractivity contribution in [2.24, 2.45) is 0 Å². The van der Waals surface area contributed by atoms with Gasteiger partial charge in [0.15, 0.2) is 17.6 Å². The van der Waals surface area contributed by atoms with Gasteiger partial charge in [0, 0.05) is 18.2 Å². The number of ether oxygens (including phenoxy) is 3. The highest BCUT2D eigenvalue weighted by Gasteiger charge is 2.18. The topological polar surface area (TPSA) is 91.7 Å². The lowest BCUT2D eigenvalue weighted by Gasteiger charge is -2.15. The molecule has 1 atom stereocenters. The van der Waals surface area contributed by atoms with Crippen molar-refractivity contribution < 1.29 is 23.8 Å². The number of nitrogens with one attached hydrogen (secondary N) is 1. The highest BCUT2D eigenvalue weighted by molar-refractivity contribution is 5.96. The molecule has 0 bridgehead atoms. The van der Waals surface area contributed by atoms with E-state index in [4.69, 9.17) is 14.2 Å². The molecule has 2 aromatic rings. The van der Waals surface area contributed by atoms with Crippen LogP contribution in [0.25, 0.3) is 6.08 Å². The first-order valence-electron chi connectivity index (χ1n) is 8.80. The Morgan fingerprint density at radius 1 is 1.11 bits per heavy atom. The summed E-state index contributed by atoms with van der Waals surface area (Å²) in [5.41, 5.74) is 0.729. The van der Waals surface area contributed by atoms with E-state index in [2.05, 4.69) is 10.4 Å². The maximum Gasteiger partial charge on any atom is 0.331 e. The molecule has 150 valence electrons. The van der Waals surface area contributed by atoms with Gasteiger partial charge in [0.2, 0.25) is 0 Å². The number of carbonyl (C=O) groups is 2. The molecule has 0 saturated heterocycles. The average Bonchev–Trinajstić information content (AvgIpc) is 3.14. The van der Waals surface area contributed by atoms with Crippen LogP contribution in [0.1, 0.15) is 32.4 Å². The van der Waals surface area contributed by atoms with Crippen molar-refractivity contribution in [1.29, 1.82) is 0 Å². The van der Waals surface area contributed by atoms with Crippen LogP contribution >= 0.6 is 0 Å². The van der Waals surface area contributed by atoms with E-state index in [1.54, 1.807) is 48.3 Å². The fourth-order valence-corrected chi connectivity index (χ4v) is 2.44. The molecule has 28 heavy (non-hydrogen) atoms. The Morgan fingerprint density at radius 3 is 2.46 bits per heavy atom. The lowest BCUT2D eigenvalue weighted by Crippen LogP contribution is -2.30. The number of benzene rings is 1. The molecule has 2 rings (SSSR count). The van der Waals surface area contributed by atoms with Gasteiger partial charge in [-0.15, -0.1) is 0 Å². The molecule has 0 radical (unpaired) electrons. The number of hydrogen-bond acceptors (Lipinski definition) is 6. The Hall–Kier alpha value is -3.29. The quantitative estimate of drug-likeness (QED) is 0.553. The third kappa shape index (κ3) is 5.35. The number of carbonyl (C=O) groups excluding carboxylic acids is 2. The summed E-state index contributed by atoms with van der Waals surface area (Å²) in [4.78, 5) is 24.3. The summed E-state index contributed by atoms with van der Waals surface area (Å²) < 4.78 is 17.2. The minimum Gasteiger partial charge on any atom is -0.493 e. The summed E-state index contributed by atoms with van der Waals surface area (Å²) in [6.07, 6.45) is 3.46. The van der Waals surface area contributed by atoms with Gasteiger partial charge in [0.1, 0.15) is 5.82 Å². The van der Waals surface area contributed by atoms with Crippen molar-refractivity contribution in [3.8, 4) is 11.5 Å². The molecule has 0 unspecified atom stereocenters. The van der Waals surface area contributed by atoms with Gasteiger partial charge in [-0.1, -0.05) is 6.07 Å². The number of hydrogen-bond donors (Lipinski definition) is 1. The van der Waals surface area contributed by atoms with Gasteiger partial charge in [-0.25, -0.2) is 9.48 Å². The van der Waals surface area contributed by atoms with E-state index < -0.39 is 18.0 Å². The smallest absolute Gasteiger partial charge is 0.331 e. The first-order valence-corrected chi connectivity index (χ1v) is 8.80. The molecule has 0 spiro atoms. The van der Waals surface area contributed by atoms with Gasteiger partial charge >= 0.3 is 5.97 Å². The minimum atomic E-state index is -0.960. The van der Waals surface area contributed by atoms with Crippen molar-refractivity contribution in [2.45, 2.75) is 32.9 Å². The van der Waals surface area contributed by atoms with Crippen molar-refractivity contribution in [3.05, 3.63) is 42.1 Å². The van der Waals surface area contributed by atoms with Gasteiger partial charge in [-0.05, 0) is 44.5 Å². The Labute approximate surface area is 164 Å². The monoisotopic (exact) mass is 387 g/mol. The molecule has 1 aromatic carbocycles. The molecule has 0 fully saturated rings. The fourth-order valence-electron chi connectivity index (χ4n) is 2.44. The van der Waals surface area contributed by atoms with E-state index in [0.29, 0.717) is 17.3 Å². The standard InChI is InChI=1S/C20H25N3O5/c1-13(2)23-18(10-11-21-23)22-20(25)14(3)28-19(24)9-7-15-6-8-16(26-4)17(12-15)27-5/h6-14H,1-5H3,(H,22,25)/b9-7+/t14-/m1/s1. The molecule has 1 aromatic heterocycles. The molecule has 1 amide bonds. The van der Waals surface area contributed by atoms with Crippen LogP contribution in [-0.4, -0.2) is 42.0 Å². The summed E-state index contributed by atoms with van der Waals surface area (Å²) in [7, 11) is 3.08. The normalized spacial score (nSPS) is 12.1. The maximum atomic E-state index is 12.3. The van der Waals surface area contributed by atoms with Gasteiger partial charge in [-0.2, -0.15) is 5.10 Å². The summed E-state index contributed by atoms with van der Waals surface area (Å²) in [5.74, 6) is 0.620. The Morgan fingerprint density at radius 2 is 1.82 bits per heavy atom. The molecular formula is C20H25N3O5. The molecule has 0 aliphatic rings. The number of methoxy groups -OCH3 is 2.